The molecule has 0 amide bonds. The van der Waals surface area contributed by atoms with Gasteiger partial charge in [-0.1, -0.05) is 126 Å². The van der Waals surface area contributed by atoms with Crippen LogP contribution in [0.2, 0.25) is 0 Å². The molecule has 0 aliphatic carbocycles. The van der Waals surface area contributed by atoms with Gasteiger partial charge in [0.25, 0.3) is 0 Å². The lowest BCUT2D eigenvalue weighted by molar-refractivity contribution is -0.345. The van der Waals surface area contributed by atoms with Crippen LogP contribution in [0.3, 0.4) is 0 Å². The molecule has 0 aromatic heterocycles. The molecule has 1 aliphatic heterocycles. The molecule has 0 saturated heterocycles. The predicted molar refractivity (Wildman–Crippen MR) is 216 cm³/mol. The zero-order valence-corrected chi connectivity index (χ0v) is 33.5. The Bertz CT molecular complexity index is 1330. The zero-order chi connectivity index (χ0) is 35.6. The van der Waals surface area contributed by atoms with Crippen LogP contribution in [0, 0.1) is 0 Å². The number of nitrogens with zero attached hydrogens (tertiary/aromatic N) is 2. The Hall–Kier alpha value is -2.48. The van der Waals surface area contributed by atoms with Gasteiger partial charge in [-0.05, 0) is 135 Å². The molecule has 3 rings (SSSR count). The first-order valence-corrected chi connectivity index (χ1v) is 21.1. The standard InChI is InChI=1S/C47H74N2/c1-9-16-20-24-30-43-36(8)46(41-32-37(25-13-5)44(27-15-7)38(33-41)26-14-6)49(48)47(43)42-34-39(28-21-17-10-2)45(31-23-19-12-4)40(35-42)29-22-18-11-3/h32-35H,9-31H2,1-8H3. The molecule has 49 heavy (non-hydrogen) atoms. The fourth-order valence-electron chi connectivity index (χ4n) is 8.26. The van der Waals surface area contributed by atoms with Crippen LogP contribution < -0.4 is 0 Å². The molecule has 272 valence electrons. The fraction of sp³-hybridized carbons (Fsp3) is 0.660. The van der Waals surface area contributed by atoms with E-state index in [0.717, 1.165) is 62.8 Å². The molecule has 0 radical (unpaired) electrons. The summed E-state index contributed by atoms with van der Waals surface area (Å²) in [7, 11) is 0. The smallest absolute Gasteiger partial charge is 0.211 e. The Balaban J connectivity index is 2.24. The SMILES string of the molecule is CCCCCCC1=C(c2cc(CCCCC)c(CCCCC)c(CCCCC)c2)[N+](=[N-])C(c2cc(CCC)c(CCC)c(CCC)c2)=C1C. The molecular weight excluding hydrogens is 593 g/mol. The molecule has 0 atom stereocenters. The molecule has 2 aromatic carbocycles. The Morgan fingerprint density at radius 1 is 0.408 bits per heavy atom. The minimum Gasteiger partial charge on any atom is -0.493 e. The quantitative estimate of drug-likeness (QED) is 0.0744. The summed E-state index contributed by atoms with van der Waals surface area (Å²) in [6.45, 7) is 18.5. The summed E-state index contributed by atoms with van der Waals surface area (Å²) in [5.41, 5.74) is 28.9. The largest absolute Gasteiger partial charge is 0.493 e. The molecule has 2 aromatic rings. The van der Waals surface area contributed by atoms with Crippen LogP contribution in [0.15, 0.2) is 35.4 Å². The van der Waals surface area contributed by atoms with Crippen molar-refractivity contribution in [3.05, 3.63) is 85.5 Å². The van der Waals surface area contributed by atoms with Gasteiger partial charge in [0.2, 0.25) is 11.4 Å². The van der Waals surface area contributed by atoms with Gasteiger partial charge in [-0.25, -0.2) is 4.70 Å². The molecular formula is C47H74N2. The second-order valence-corrected chi connectivity index (χ2v) is 15.1. The number of allylic oxidation sites excluding steroid dienone is 2. The number of hydrogen-bond donors (Lipinski definition) is 0. The monoisotopic (exact) mass is 667 g/mol. The van der Waals surface area contributed by atoms with Crippen molar-refractivity contribution in [2.24, 2.45) is 0 Å². The number of hydrogen-bond acceptors (Lipinski definition) is 0. The molecule has 1 aliphatic rings. The van der Waals surface area contributed by atoms with Crippen LogP contribution in [-0.2, 0) is 38.5 Å². The van der Waals surface area contributed by atoms with E-state index < -0.39 is 0 Å². The van der Waals surface area contributed by atoms with Crippen LogP contribution in [-0.4, -0.2) is 4.70 Å². The number of unbranched alkanes of at least 4 members (excludes halogenated alkanes) is 9. The Labute approximate surface area is 303 Å². The second-order valence-electron chi connectivity index (χ2n) is 15.1. The van der Waals surface area contributed by atoms with Gasteiger partial charge < -0.3 is 5.53 Å². The number of aryl methyl sites for hydroxylation is 4. The zero-order valence-electron chi connectivity index (χ0n) is 33.5. The lowest BCUT2D eigenvalue weighted by Gasteiger charge is -2.20. The third kappa shape index (κ3) is 11.3. The topological polar surface area (TPSA) is 25.3 Å². The predicted octanol–water partition coefficient (Wildman–Crippen LogP) is 14.9. The van der Waals surface area contributed by atoms with Crippen molar-refractivity contribution in [1.82, 2.24) is 0 Å². The second kappa shape index (κ2) is 22.4. The molecule has 0 spiro atoms. The molecule has 0 N–H and O–H groups in total. The van der Waals surface area contributed by atoms with Gasteiger partial charge in [0, 0.05) is 22.3 Å². The van der Waals surface area contributed by atoms with E-state index in [0.29, 0.717) is 0 Å². The lowest BCUT2D eigenvalue weighted by atomic mass is 9.87. The van der Waals surface area contributed by atoms with E-state index in [1.807, 2.05) is 0 Å². The fourth-order valence-corrected chi connectivity index (χ4v) is 8.26. The van der Waals surface area contributed by atoms with E-state index in [1.165, 1.54) is 130 Å². The number of benzene rings is 2. The van der Waals surface area contributed by atoms with Crippen molar-refractivity contribution in [2.45, 2.75) is 203 Å². The molecule has 0 unspecified atom stereocenters. The average Bonchev–Trinajstić information content (AvgIpc) is 3.34. The molecule has 0 saturated carbocycles. The average molecular weight is 667 g/mol. The maximum absolute atomic E-state index is 12.5. The Morgan fingerprint density at radius 3 is 1.27 bits per heavy atom. The summed E-state index contributed by atoms with van der Waals surface area (Å²) in [5, 5.41) is 0. The maximum atomic E-state index is 12.5. The first-order valence-electron chi connectivity index (χ1n) is 21.1. The highest BCUT2D eigenvalue weighted by atomic mass is 15.2. The van der Waals surface area contributed by atoms with E-state index in [4.69, 9.17) is 0 Å². The maximum Gasteiger partial charge on any atom is 0.211 e. The van der Waals surface area contributed by atoms with Crippen molar-refractivity contribution in [3.63, 3.8) is 0 Å². The van der Waals surface area contributed by atoms with E-state index >= 15 is 0 Å². The van der Waals surface area contributed by atoms with Crippen LogP contribution >= 0.6 is 0 Å². The summed E-state index contributed by atoms with van der Waals surface area (Å²) in [4.78, 5) is 0. The van der Waals surface area contributed by atoms with Crippen molar-refractivity contribution in [1.29, 1.82) is 0 Å². The highest BCUT2D eigenvalue weighted by Gasteiger charge is 2.34. The molecule has 2 nitrogen and oxygen atoms in total. The summed E-state index contributed by atoms with van der Waals surface area (Å²) >= 11 is 0. The third-order valence-electron chi connectivity index (χ3n) is 10.9. The van der Waals surface area contributed by atoms with Gasteiger partial charge in [0.05, 0.1) is 0 Å². The first-order chi connectivity index (χ1) is 23.9. The first kappa shape index (κ1) is 40.9. The minimum absolute atomic E-state index is 1.02. The van der Waals surface area contributed by atoms with E-state index in [9.17, 15) is 5.53 Å². The van der Waals surface area contributed by atoms with Gasteiger partial charge in [-0.15, -0.1) is 0 Å². The van der Waals surface area contributed by atoms with E-state index in [1.54, 1.807) is 27.0 Å². The van der Waals surface area contributed by atoms with Crippen LogP contribution in [0.5, 0.6) is 0 Å². The summed E-state index contributed by atoms with van der Waals surface area (Å²) in [5.74, 6) is 0. The van der Waals surface area contributed by atoms with Crippen molar-refractivity contribution < 1.29 is 4.70 Å². The molecule has 0 bridgehead atoms. The van der Waals surface area contributed by atoms with Gasteiger partial charge >= 0.3 is 0 Å². The highest BCUT2D eigenvalue weighted by Crippen LogP contribution is 2.44. The van der Waals surface area contributed by atoms with Crippen molar-refractivity contribution >= 4 is 11.4 Å². The van der Waals surface area contributed by atoms with E-state index in [-0.39, 0.29) is 0 Å². The summed E-state index contributed by atoms with van der Waals surface area (Å²) in [6.07, 6.45) is 27.6. The van der Waals surface area contributed by atoms with Crippen molar-refractivity contribution in [2.75, 3.05) is 0 Å². The summed E-state index contributed by atoms with van der Waals surface area (Å²) in [6, 6.07) is 9.90. The van der Waals surface area contributed by atoms with E-state index in [2.05, 4.69) is 79.7 Å². The highest BCUT2D eigenvalue weighted by molar-refractivity contribution is 5.82. The molecule has 0 fully saturated rings. The lowest BCUT2D eigenvalue weighted by Crippen LogP contribution is -2.09. The van der Waals surface area contributed by atoms with Gasteiger partial charge in [0.15, 0.2) is 0 Å². The van der Waals surface area contributed by atoms with Crippen molar-refractivity contribution in [3.8, 4) is 0 Å². The van der Waals surface area contributed by atoms with Crippen LogP contribution in [0.4, 0.5) is 0 Å². The molecule has 1 heterocycles. The van der Waals surface area contributed by atoms with Crippen LogP contribution in [0.1, 0.15) is 209 Å². The number of rotatable bonds is 25. The van der Waals surface area contributed by atoms with Gasteiger partial charge in [-0.2, -0.15) is 0 Å². The Kier molecular flexibility index (Phi) is 18.7. The Morgan fingerprint density at radius 2 is 0.796 bits per heavy atom. The normalized spacial score (nSPS) is 13.4. The van der Waals surface area contributed by atoms with Gasteiger partial charge in [-0.3, -0.25) is 0 Å². The molecule has 2 heteroatoms. The van der Waals surface area contributed by atoms with Gasteiger partial charge in [0.1, 0.15) is 0 Å². The third-order valence-corrected chi connectivity index (χ3v) is 10.9. The van der Waals surface area contributed by atoms with Crippen LogP contribution in [0.25, 0.3) is 16.9 Å². The minimum atomic E-state index is 1.02. The summed E-state index contributed by atoms with van der Waals surface area (Å²) < 4.78 is 1.64.